The standard InChI is InChI=1S/C23H29ClN2O5/c1-11-5-6-16-21(2,3)19(27)14(24)9-23(16)22(11,4)8-12-7-15(26(29)30)17-13(18(12)31-23)10-25-20(17)28/h7,11,14,16,19,27H,5-6,8-10H2,1-4H3,(H,25,28)/t11-,14+,16-,19-,22+,23-/m0/s1. The normalized spacial score (nSPS) is 40.0. The van der Waals surface area contributed by atoms with Gasteiger partial charge in [0.2, 0.25) is 0 Å². The number of fused-ring (bicyclic) bond motifs is 3. The molecule has 0 saturated heterocycles. The number of carbonyl (C=O) groups excluding carboxylic acids is 1. The summed E-state index contributed by atoms with van der Waals surface area (Å²) in [6.07, 6.45) is 2.41. The van der Waals surface area contributed by atoms with Crippen molar-refractivity contribution in [2.75, 3.05) is 0 Å². The van der Waals surface area contributed by atoms with E-state index >= 15 is 0 Å². The number of nitro benzene ring substituents is 1. The van der Waals surface area contributed by atoms with Gasteiger partial charge in [-0.15, -0.1) is 11.6 Å². The van der Waals surface area contributed by atoms with E-state index in [0.717, 1.165) is 18.4 Å². The van der Waals surface area contributed by atoms with Crippen LogP contribution in [0.1, 0.15) is 68.4 Å². The molecular weight excluding hydrogens is 420 g/mol. The second-order valence-electron chi connectivity index (χ2n) is 10.8. The Kier molecular flexibility index (Phi) is 4.30. The third-order valence-corrected chi connectivity index (χ3v) is 9.53. The quantitative estimate of drug-likeness (QED) is 0.384. The lowest BCUT2D eigenvalue weighted by atomic mass is 9.43. The van der Waals surface area contributed by atoms with Gasteiger partial charge in [0.25, 0.3) is 11.6 Å². The summed E-state index contributed by atoms with van der Waals surface area (Å²) in [5.41, 5.74) is -0.0197. The molecule has 0 bridgehead atoms. The zero-order valence-electron chi connectivity index (χ0n) is 18.3. The van der Waals surface area contributed by atoms with Gasteiger partial charge >= 0.3 is 0 Å². The van der Waals surface area contributed by atoms with E-state index in [9.17, 15) is 20.0 Å². The molecule has 1 amide bonds. The van der Waals surface area contributed by atoms with Gasteiger partial charge < -0.3 is 15.2 Å². The summed E-state index contributed by atoms with van der Waals surface area (Å²) in [5, 5.41) is 25.0. The first-order valence-corrected chi connectivity index (χ1v) is 11.5. The van der Waals surface area contributed by atoms with Crippen molar-refractivity contribution in [3.63, 3.8) is 0 Å². The van der Waals surface area contributed by atoms with Gasteiger partial charge in [-0.05, 0) is 30.6 Å². The van der Waals surface area contributed by atoms with Gasteiger partial charge in [0, 0.05) is 41.5 Å². The molecule has 0 radical (unpaired) electrons. The van der Waals surface area contributed by atoms with Crippen LogP contribution >= 0.6 is 11.6 Å². The third kappa shape index (κ3) is 2.48. The maximum atomic E-state index is 12.4. The molecule has 8 heteroatoms. The van der Waals surface area contributed by atoms with Crippen molar-refractivity contribution in [3.8, 4) is 5.75 Å². The number of nitrogens with zero attached hydrogens (tertiary/aromatic N) is 1. The van der Waals surface area contributed by atoms with Crippen LogP contribution in [0.15, 0.2) is 6.07 Å². The fourth-order valence-corrected chi connectivity index (χ4v) is 7.74. The van der Waals surface area contributed by atoms with Crippen LogP contribution in [0.25, 0.3) is 0 Å². The van der Waals surface area contributed by atoms with Gasteiger partial charge in [-0.2, -0.15) is 0 Å². The van der Waals surface area contributed by atoms with E-state index in [1.165, 1.54) is 6.07 Å². The molecule has 7 nitrogen and oxygen atoms in total. The lowest BCUT2D eigenvalue weighted by Gasteiger charge is -2.67. The van der Waals surface area contributed by atoms with Crippen LogP contribution in [0.2, 0.25) is 0 Å². The van der Waals surface area contributed by atoms with E-state index in [0.29, 0.717) is 30.1 Å². The second kappa shape index (κ2) is 6.35. The van der Waals surface area contributed by atoms with Crippen LogP contribution in [0.5, 0.6) is 5.75 Å². The molecule has 1 spiro atoms. The first-order valence-electron chi connectivity index (χ1n) is 11.1. The van der Waals surface area contributed by atoms with E-state index in [-0.39, 0.29) is 29.1 Å². The molecule has 31 heavy (non-hydrogen) atoms. The van der Waals surface area contributed by atoms with Crippen LogP contribution < -0.4 is 10.1 Å². The van der Waals surface area contributed by atoms with Crippen molar-refractivity contribution < 1.29 is 19.6 Å². The van der Waals surface area contributed by atoms with Crippen molar-refractivity contribution in [2.45, 2.75) is 77.0 Å². The summed E-state index contributed by atoms with van der Waals surface area (Å²) >= 11 is 6.74. The minimum absolute atomic E-state index is 0.0789. The number of aliphatic hydroxyl groups excluding tert-OH is 1. The van der Waals surface area contributed by atoms with Gasteiger partial charge in [0.05, 0.1) is 16.4 Å². The molecule has 2 N–H and O–H groups in total. The number of hydrogen-bond acceptors (Lipinski definition) is 5. The Morgan fingerprint density at radius 3 is 2.71 bits per heavy atom. The van der Waals surface area contributed by atoms with Gasteiger partial charge in [-0.25, -0.2) is 0 Å². The van der Waals surface area contributed by atoms with Crippen molar-refractivity contribution in [3.05, 3.63) is 32.9 Å². The monoisotopic (exact) mass is 448 g/mol. The van der Waals surface area contributed by atoms with E-state index in [2.05, 4.69) is 33.0 Å². The summed E-state index contributed by atoms with van der Waals surface area (Å²) in [5.74, 6) is 0.572. The number of ether oxygens (including phenoxy) is 1. The average Bonchev–Trinajstić information content (AvgIpc) is 3.07. The summed E-state index contributed by atoms with van der Waals surface area (Å²) in [7, 11) is 0. The smallest absolute Gasteiger partial charge is 0.283 e. The second-order valence-corrected chi connectivity index (χ2v) is 11.3. The Bertz CT molecular complexity index is 1010. The number of nitro groups is 1. The van der Waals surface area contributed by atoms with E-state index in [1.54, 1.807) is 0 Å². The summed E-state index contributed by atoms with van der Waals surface area (Å²) in [6, 6.07) is 1.54. The van der Waals surface area contributed by atoms with Crippen molar-refractivity contribution in [1.82, 2.24) is 5.32 Å². The Balaban J connectivity index is 1.75. The number of amides is 1. The van der Waals surface area contributed by atoms with Gasteiger partial charge in [0.15, 0.2) is 0 Å². The molecule has 4 aliphatic rings. The lowest BCUT2D eigenvalue weighted by molar-refractivity contribution is -0.385. The fourth-order valence-electron chi connectivity index (χ4n) is 7.18. The zero-order chi connectivity index (χ0) is 22.5. The summed E-state index contributed by atoms with van der Waals surface area (Å²) in [4.78, 5) is 23.7. The van der Waals surface area contributed by atoms with Crippen molar-refractivity contribution >= 4 is 23.2 Å². The van der Waals surface area contributed by atoms with Crippen LogP contribution in [-0.4, -0.2) is 33.0 Å². The van der Waals surface area contributed by atoms with E-state index in [4.69, 9.17) is 16.3 Å². The molecule has 168 valence electrons. The SMILES string of the molecule is C[C@H]1CC[C@H]2C(C)(C)[C@@H](O)[C@H](Cl)C[C@]23Oc2c(cc([N+](=O)[O-])c4c2CNC4=O)C[C@]13C. The lowest BCUT2D eigenvalue weighted by Crippen LogP contribution is -2.72. The summed E-state index contributed by atoms with van der Waals surface area (Å²) in [6.45, 7) is 8.80. The highest BCUT2D eigenvalue weighted by atomic mass is 35.5. The number of alkyl halides is 1. The number of halogens is 1. The molecule has 2 aliphatic carbocycles. The Hall–Kier alpha value is -1.86. The van der Waals surface area contributed by atoms with E-state index in [1.807, 2.05) is 0 Å². The highest BCUT2D eigenvalue weighted by Crippen LogP contribution is 2.66. The van der Waals surface area contributed by atoms with Gasteiger partial charge in [-0.1, -0.05) is 27.7 Å². The van der Waals surface area contributed by atoms with Gasteiger partial charge in [0.1, 0.15) is 16.9 Å². The van der Waals surface area contributed by atoms with Crippen LogP contribution in [0.3, 0.4) is 0 Å². The molecule has 2 fully saturated rings. The number of carbonyl (C=O) groups is 1. The van der Waals surface area contributed by atoms with Crippen LogP contribution in [0, 0.1) is 32.8 Å². The first kappa shape index (κ1) is 21.0. The fraction of sp³-hybridized carbons (Fsp3) is 0.696. The van der Waals surface area contributed by atoms with Gasteiger partial charge in [-0.3, -0.25) is 14.9 Å². The predicted octanol–water partition coefficient (Wildman–Crippen LogP) is 3.96. The summed E-state index contributed by atoms with van der Waals surface area (Å²) < 4.78 is 6.97. The highest BCUT2D eigenvalue weighted by Gasteiger charge is 2.69. The molecule has 1 aromatic carbocycles. The maximum Gasteiger partial charge on any atom is 0.283 e. The molecule has 2 saturated carbocycles. The molecular formula is C23H29ClN2O5. The average molecular weight is 449 g/mol. The minimum Gasteiger partial charge on any atom is -0.486 e. The molecule has 5 rings (SSSR count). The molecule has 1 aromatic rings. The highest BCUT2D eigenvalue weighted by molar-refractivity contribution is 6.21. The predicted molar refractivity (Wildman–Crippen MR) is 115 cm³/mol. The van der Waals surface area contributed by atoms with E-state index < -0.39 is 33.3 Å². The Labute approximate surface area is 186 Å². The maximum absolute atomic E-state index is 12.4. The molecule has 0 aromatic heterocycles. The number of hydrogen-bond donors (Lipinski definition) is 2. The largest absolute Gasteiger partial charge is 0.486 e. The minimum atomic E-state index is -0.640. The number of rotatable bonds is 1. The first-order chi connectivity index (χ1) is 14.4. The van der Waals surface area contributed by atoms with Crippen LogP contribution in [-0.2, 0) is 13.0 Å². The Morgan fingerprint density at radius 2 is 2.03 bits per heavy atom. The topological polar surface area (TPSA) is 102 Å². The van der Waals surface area contributed by atoms with Crippen molar-refractivity contribution in [1.29, 1.82) is 0 Å². The molecule has 2 aliphatic heterocycles. The Morgan fingerprint density at radius 1 is 1.32 bits per heavy atom. The molecule has 6 atom stereocenters. The number of benzene rings is 1. The number of aliphatic hydroxyl groups is 1. The third-order valence-electron chi connectivity index (χ3n) is 9.13. The van der Waals surface area contributed by atoms with Crippen LogP contribution in [0.4, 0.5) is 5.69 Å². The molecule has 2 heterocycles. The molecule has 0 unspecified atom stereocenters. The zero-order valence-corrected chi connectivity index (χ0v) is 19.1. The number of nitrogens with one attached hydrogen (secondary N) is 1. The van der Waals surface area contributed by atoms with Crippen molar-refractivity contribution in [2.24, 2.45) is 22.7 Å².